The molecule has 0 spiro atoms. The summed E-state index contributed by atoms with van der Waals surface area (Å²) in [6.07, 6.45) is 4.25. The van der Waals surface area contributed by atoms with E-state index in [1.54, 1.807) is 0 Å². The van der Waals surface area contributed by atoms with Gasteiger partial charge in [-0.15, -0.1) is 0 Å². The summed E-state index contributed by atoms with van der Waals surface area (Å²) in [5, 5.41) is 0. The number of fused-ring (bicyclic) bond motifs is 1. The van der Waals surface area contributed by atoms with Crippen LogP contribution in [0, 0.1) is 6.92 Å². The quantitative estimate of drug-likeness (QED) is 0.570. The van der Waals surface area contributed by atoms with Gasteiger partial charge in [0.2, 0.25) is 0 Å². The van der Waals surface area contributed by atoms with E-state index >= 15 is 0 Å². The van der Waals surface area contributed by atoms with Crippen molar-refractivity contribution in [3.05, 3.63) is 29.3 Å². The van der Waals surface area contributed by atoms with E-state index < -0.39 is 0 Å². The van der Waals surface area contributed by atoms with E-state index in [1.165, 1.54) is 11.1 Å². The first kappa shape index (κ1) is 9.97. The molecule has 0 amide bonds. The van der Waals surface area contributed by atoms with E-state index in [0.717, 1.165) is 18.5 Å². The molecular formula is C12H17N. The summed E-state index contributed by atoms with van der Waals surface area (Å²) in [4.78, 5) is 4.33. The van der Waals surface area contributed by atoms with Crippen molar-refractivity contribution in [1.29, 1.82) is 0 Å². The van der Waals surface area contributed by atoms with E-state index in [0.29, 0.717) is 0 Å². The predicted molar refractivity (Wildman–Crippen MR) is 59.0 cm³/mol. The van der Waals surface area contributed by atoms with Gasteiger partial charge in [0.1, 0.15) is 0 Å². The van der Waals surface area contributed by atoms with Crippen molar-refractivity contribution >= 4 is 11.9 Å². The summed E-state index contributed by atoms with van der Waals surface area (Å²) in [6.45, 7) is 6.10. The van der Waals surface area contributed by atoms with Crippen LogP contribution in [0.4, 0.5) is 5.69 Å². The van der Waals surface area contributed by atoms with Crippen molar-refractivity contribution < 1.29 is 0 Å². The predicted octanol–water partition coefficient (Wildman–Crippen LogP) is 3.67. The second-order valence-corrected chi connectivity index (χ2v) is 2.98. The van der Waals surface area contributed by atoms with E-state index in [-0.39, 0.29) is 0 Å². The summed E-state index contributed by atoms with van der Waals surface area (Å²) >= 11 is 0. The Balaban J connectivity index is 0.000000396. The van der Waals surface area contributed by atoms with E-state index in [9.17, 15) is 0 Å². The molecule has 0 fully saturated rings. The minimum atomic E-state index is 1.09. The number of nitrogens with zero attached hydrogens (tertiary/aromatic N) is 1. The fourth-order valence-electron chi connectivity index (χ4n) is 1.39. The maximum atomic E-state index is 4.33. The Morgan fingerprint density at radius 3 is 2.77 bits per heavy atom. The Bertz CT molecular complexity index is 300. The molecular weight excluding hydrogens is 158 g/mol. The third-order valence-electron chi connectivity index (χ3n) is 2.01. The van der Waals surface area contributed by atoms with Crippen molar-refractivity contribution in [3.8, 4) is 0 Å². The Morgan fingerprint density at radius 1 is 1.23 bits per heavy atom. The number of hydrogen-bond acceptors (Lipinski definition) is 1. The molecule has 70 valence electrons. The summed E-state index contributed by atoms with van der Waals surface area (Å²) < 4.78 is 0. The van der Waals surface area contributed by atoms with E-state index in [2.05, 4.69) is 30.1 Å². The second kappa shape index (κ2) is 4.80. The molecule has 0 atom stereocenters. The van der Waals surface area contributed by atoms with Crippen molar-refractivity contribution in [2.24, 2.45) is 4.99 Å². The zero-order valence-corrected chi connectivity index (χ0v) is 8.67. The molecule has 1 nitrogen and oxygen atoms in total. The van der Waals surface area contributed by atoms with E-state index in [4.69, 9.17) is 0 Å². The lowest BCUT2D eigenvalue weighted by atomic mass is 10.0. The maximum absolute atomic E-state index is 4.33. The highest BCUT2D eigenvalue weighted by molar-refractivity contribution is 5.69. The molecule has 1 aromatic carbocycles. The third-order valence-corrected chi connectivity index (χ3v) is 2.01. The summed E-state index contributed by atoms with van der Waals surface area (Å²) in [5.74, 6) is 0. The lowest BCUT2D eigenvalue weighted by molar-refractivity contribution is 1.03. The molecule has 13 heavy (non-hydrogen) atoms. The smallest absolute Gasteiger partial charge is 0.0660 e. The van der Waals surface area contributed by atoms with Crippen LogP contribution >= 0.6 is 0 Å². The topological polar surface area (TPSA) is 12.4 Å². The van der Waals surface area contributed by atoms with Crippen LogP contribution in [0.25, 0.3) is 0 Å². The molecule has 1 aliphatic heterocycles. The Hall–Kier alpha value is -1.11. The fourth-order valence-corrected chi connectivity index (χ4v) is 1.39. The Morgan fingerprint density at radius 2 is 2.00 bits per heavy atom. The van der Waals surface area contributed by atoms with Crippen LogP contribution in [0.1, 0.15) is 31.4 Å². The van der Waals surface area contributed by atoms with Gasteiger partial charge in [0.25, 0.3) is 0 Å². The molecule has 2 rings (SSSR count). The first-order chi connectivity index (χ1) is 6.36. The lowest BCUT2D eigenvalue weighted by Crippen LogP contribution is -1.93. The average molecular weight is 175 g/mol. The molecule has 0 radical (unpaired) electrons. The van der Waals surface area contributed by atoms with Crippen molar-refractivity contribution in [2.45, 2.75) is 33.6 Å². The number of rotatable bonds is 0. The summed E-state index contributed by atoms with van der Waals surface area (Å²) in [7, 11) is 0. The highest BCUT2D eigenvalue weighted by Gasteiger charge is 2.03. The molecule has 0 N–H and O–H groups in total. The molecule has 0 aliphatic carbocycles. The number of aliphatic imine (C=N–C) groups is 1. The van der Waals surface area contributed by atoms with Gasteiger partial charge in [0.05, 0.1) is 5.69 Å². The molecule has 0 saturated heterocycles. The van der Waals surface area contributed by atoms with Crippen LogP contribution in [0.15, 0.2) is 23.2 Å². The number of benzene rings is 1. The van der Waals surface area contributed by atoms with Crippen LogP contribution in [0.2, 0.25) is 0 Å². The Labute approximate surface area is 80.5 Å². The van der Waals surface area contributed by atoms with Gasteiger partial charge in [0.15, 0.2) is 0 Å². The summed E-state index contributed by atoms with van der Waals surface area (Å²) in [5.41, 5.74) is 3.84. The monoisotopic (exact) mass is 175 g/mol. The molecule has 0 saturated carbocycles. The average Bonchev–Trinajstić information content (AvgIpc) is 2.21. The van der Waals surface area contributed by atoms with Crippen LogP contribution in [0.3, 0.4) is 0 Å². The van der Waals surface area contributed by atoms with Gasteiger partial charge in [0, 0.05) is 6.21 Å². The zero-order chi connectivity index (χ0) is 9.68. The first-order valence-corrected chi connectivity index (χ1v) is 4.98. The first-order valence-electron chi connectivity index (χ1n) is 4.98. The van der Waals surface area contributed by atoms with Crippen LogP contribution in [0.5, 0.6) is 0 Å². The van der Waals surface area contributed by atoms with Crippen molar-refractivity contribution in [1.82, 2.24) is 0 Å². The highest BCUT2D eigenvalue weighted by atomic mass is 14.7. The van der Waals surface area contributed by atoms with Gasteiger partial charge < -0.3 is 0 Å². The minimum Gasteiger partial charge on any atom is -0.261 e. The lowest BCUT2D eigenvalue weighted by Gasteiger charge is -2.08. The van der Waals surface area contributed by atoms with Gasteiger partial charge in [-0.25, -0.2) is 0 Å². The molecule has 1 heteroatoms. The van der Waals surface area contributed by atoms with Crippen molar-refractivity contribution in [3.63, 3.8) is 0 Å². The maximum Gasteiger partial charge on any atom is 0.0660 e. The molecule has 1 heterocycles. The minimum absolute atomic E-state index is 1.09. The van der Waals surface area contributed by atoms with Crippen LogP contribution < -0.4 is 0 Å². The summed E-state index contributed by atoms with van der Waals surface area (Å²) in [6, 6.07) is 6.48. The number of aryl methyl sites for hydroxylation is 2. The van der Waals surface area contributed by atoms with Crippen LogP contribution in [-0.2, 0) is 6.42 Å². The molecule has 0 bridgehead atoms. The standard InChI is InChI=1S/C10H11N.C2H6/c1-8-4-5-9-3-2-6-11-10(9)7-8;1-2/h4-7H,2-3H2,1H3;1-2H3. The highest BCUT2D eigenvalue weighted by Crippen LogP contribution is 2.24. The fraction of sp³-hybridized carbons (Fsp3) is 0.417. The second-order valence-electron chi connectivity index (χ2n) is 2.98. The van der Waals surface area contributed by atoms with Gasteiger partial charge >= 0.3 is 0 Å². The van der Waals surface area contributed by atoms with Gasteiger partial charge in [-0.2, -0.15) is 0 Å². The van der Waals surface area contributed by atoms with Crippen LogP contribution in [-0.4, -0.2) is 6.21 Å². The Kier molecular flexibility index (Phi) is 3.69. The van der Waals surface area contributed by atoms with Gasteiger partial charge in [-0.1, -0.05) is 26.0 Å². The molecule has 1 aromatic rings. The van der Waals surface area contributed by atoms with Crippen molar-refractivity contribution in [2.75, 3.05) is 0 Å². The molecule has 0 unspecified atom stereocenters. The largest absolute Gasteiger partial charge is 0.261 e. The third kappa shape index (κ3) is 2.41. The van der Waals surface area contributed by atoms with E-state index in [1.807, 2.05) is 20.1 Å². The SMILES string of the molecule is CC.Cc1ccc2c(c1)N=CCC2. The normalized spacial score (nSPS) is 12.8. The number of hydrogen-bond donors (Lipinski definition) is 0. The molecule has 1 aliphatic rings. The van der Waals surface area contributed by atoms with Gasteiger partial charge in [-0.3, -0.25) is 4.99 Å². The zero-order valence-electron chi connectivity index (χ0n) is 8.67. The molecule has 0 aromatic heterocycles. The van der Waals surface area contributed by atoms with Gasteiger partial charge in [-0.05, 0) is 37.0 Å².